The first kappa shape index (κ1) is 14.8. The molecule has 18 heavy (non-hydrogen) atoms. The van der Waals surface area contributed by atoms with E-state index in [1.807, 2.05) is 6.26 Å². The molecule has 0 radical (unpaired) electrons. The molecule has 0 fully saturated rings. The van der Waals surface area contributed by atoms with Crippen molar-refractivity contribution in [1.29, 1.82) is 0 Å². The van der Waals surface area contributed by atoms with Crippen LogP contribution in [-0.4, -0.2) is 35.3 Å². The summed E-state index contributed by atoms with van der Waals surface area (Å²) in [6.07, 6.45) is 1.88. The van der Waals surface area contributed by atoms with Gasteiger partial charge in [-0.05, 0) is 37.4 Å². The second-order valence-electron chi connectivity index (χ2n) is 4.24. The van der Waals surface area contributed by atoms with Crippen LogP contribution in [0, 0.1) is 5.82 Å². The van der Waals surface area contributed by atoms with E-state index in [-0.39, 0.29) is 12.4 Å². The average molecular weight is 272 g/mol. The zero-order valence-electron chi connectivity index (χ0n) is 10.4. The summed E-state index contributed by atoms with van der Waals surface area (Å²) >= 11 is 1.50. The fourth-order valence-electron chi connectivity index (χ4n) is 1.34. The molecule has 3 N–H and O–H groups in total. The molecule has 4 nitrogen and oxygen atoms in total. The van der Waals surface area contributed by atoms with Gasteiger partial charge < -0.3 is 15.7 Å². The molecule has 0 aliphatic heterocycles. The van der Waals surface area contributed by atoms with Gasteiger partial charge in [0.05, 0.1) is 5.60 Å². The van der Waals surface area contributed by atoms with Gasteiger partial charge in [0.25, 0.3) is 0 Å². The normalized spacial score (nSPS) is 13.8. The summed E-state index contributed by atoms with van der Waals surface area (Å²) in [5, 5.41) is 15.0. The van der Waals surface area contributed by atoms with Crippen molar-refractivity contribution in [2.24, 2.45) is 0 Å². The highest BCUT2D eigenvalue weighted by molar-refractivity contribution is 7.98. The van der Waals surface area contributed by atoms with E-state index in [0.29, 0.717) is 11.4 Å². The molecule has 0 spiro atoms. The van der Waals surface area contributed by atoms with Crippen molar-refractivity contribution in [2.45, 2.75) is 12.5 Å². The summed E-state index contributed by atoms with van der Waals surface area (Å²) < 4.78 is 12.6. The zero-order valence-corrected chi connectivity index (χ0v) is 11.2. The Morgan fingerprint density at radius 1 is 1.44 bits per heavy atom. The Morgan fingerprint density at radius 3 is 2.61 bits per heavy atom. The molecule has 1 aromatic carbocycles. The second kappa shape index (κ2) is 6.61. The minimum atomic E-state index is -0.945. The molecular formula is C12H17FN2O2S. The molecule has 1 atom stereocenters. The summed E-state index contributed by atoms with van der Waals surface area (Å²) in [6, 6.07) is 5.03. The minimum Gasteiger partial charge on any atom is -0.387 e. The number of carbonyl (C=O) groups excluding carboxylic acids is 1. The van der Waals surface area contributed by atoms with E-state index in [1.165, 1.54) is 36.0 Å². The molecule has 2 amide bonds. The van der Waals surface area contributed by atoms with Crippen LogP contribution in [0.15, 0.2) is 24.3 Å². The standard InChI is InChI=1S/C12H17FN2O2S/c1-12(17,8-18-2)7-14-11(16)15-10-5-3-9(13)4-6-10/h3-6,17H,7-8H2,1-2H3,(H2,14,15,16). The molecule has 100 valence electrons. The Hall–Kier alpha value is -1.27. The highest BCUT2D eigenvalue weighted by atomic mass is 32.2. The SMILES string of the molecule is CSCC(C)(O)CNC(=O)Nc1ccc(F)cc1. The topological polar surface area (TPSA) is 61.4 Å². The lowest BCUT2D eigenvalue weighted by molar-refractivity contribution is 0.0876. The first-order valence-corrected chi connectivity index (χ1v) is 6.84. The van der Waals surface area contributed by atoms with Gasteiger partial charge >= 0.3 is 6.03 Å². The molecule has 0 aromatic heterocycles. The van der Waals surface area contributed by atoms with Gasteiger partial charge in [-0.3, -0.25) is 0 Å². The third-order valence-electron chi connectivity index (χ3n) is 2.19. The first-order chi connectivity index (χ1) is 8.43. The first-order valence-electron chi connectivity index (χ1n) is 5.45. The molecule has 0 heterocycles. The average Bonchev–Trinajstić information content (AvgIpc) is 2.30. The zero-order chi connectivity index (χ0) is 13.6. The molecule has 1 aromatic rings. The quantitative estimate of drug-likeness (QED) is 0.769. The molecule has 1 rings (SSSR count). The van der Waals surface area contributed by atoms with Crippen LogP contribution in [0.2, 0.25) is 0 Å². The Bertz CT molecular complexity index is 396. The Labute approximate surface area is 110 Å². The molecule has 1 unspecified atom stereocenters. The van der Waals surface area contributed by atoms with Gasteiger partial charge in [0, 0.05) is 18.0 Å². The number of halogens is 1. The van der Waals surface area contributed by atoms with Crippen molar-refractivity contribution < 1.29 is 14.3 Å². The number of rotatable bonds is 5. The third kappa shape index (κ3) is 5.37. The fraction of sp³-hybridized carbons (Fsp3) is 0.417. The van der Waals surface area contributed by atoms with E-state index in [0.717, 1.165) is 0 Å². The summed E-state index contributed by atoms with van der Waals surface area (Å²) in [4.78, 5) is 11.5. The number of benzene rings is 1. The summed E-state index contributed by atoms with van der Waals surface area (Å²) in [7, 11) is 0. The van der Waals surface area contributed by atoms with Crippen LogP contribution in [0.25, 0.3) is 0 Å². The van der Waals surface area contributed by atoms with Crippen molar-refractivity contribution in [3.05, 3.63) is 30.1 Å². The van der Waals surface area contributed by atoms with Crippen molar-refractivity contribution in [1.82, 2.24) is 5.32 Å². The number of urea groups is 1. The molecule has 0 saturated carbocycles. The van der Waals surface area contributed by atoms with Gasteiger partial charge in [0.1, 0.15) is 5.82 Å². The highest BCUT2D eigenvalue weighted by Crippen LogP contribution is 2.10. The molecule has 0 aliphatic carbocycles. The summed E-state index contributed by atoms with van der Waals surface area (Å²) in [5.41, 5.74) is -0.446. The van der Waals surface area contributed by atoms with E-state index in [1.54, 1.807) is 6.92 Å². The van der Waals surface area contributed by atoms with E-state index in [4.69, 9.17) is 0 Å². The van der Waals surface area contributed by atoms with Crippen LogP contribution in [0.1, 0.15) is 6.92 Å². The van der Waals surface area contributed by atoms with Gasteiger partial charge in [-0.1, -0.05) is 0 Å². The lowest BCUT2D eigenvalue weighted by Crippen LogP contribution is -2.43. The maximum atomic E-state index is 12.6. The predicted octanol–water partition coefficient (Wildman–Crippen LogP) is 2.06. The molecule has 6 heteroatoms. The van der Waals surface area contributed by atoms with Crippen molar-refractivity contribution >= 4 is 23.5 Å². The Morgan fingerprint density at radius 2 is 2.06 bits per heavy atom. The van der Waals surface area contributed by atoms with Crippen LogP contribution >= 0.6 is 11.8 Å². The highest BCUT2D eigenvalue weighted by Gasteiger charge is 2.20. The van der Waals surface area contributed by atoms with Gasteiger partial charge in [0.2, 0.25) is 0 Å². The van der Waals surface area contributed by atoms with E-state index < -0.39 is 11.6 Å². The number of anilines is 1. The van der Waals surface area contributed by atoms with Crippen molar-refractivity contribution in [3.8, 4) is 0 Å². The molecule has 0 aliphatic rings. The van der Waals surface area contributed by atoms with Crippen LogP contribution in [-0.2, 0) is 0 Å². The van der Waals surface area contributed by atoms with Crippen molar-refractivity contribution in [3.63, 3.8) is 0 Å². The van der Waals surface area contributed by atoms with Gasteiger partial charge in [-0.15, -0.1) is 0 Å². The van der Waals surface area contributed by atoms with Gasteiger partial charge in [0.15, 0.2) is 0 Å². The second-order valence-corrected chi connectivity index (χ2v) is 5.11. The van der Waals surface area contributed by atoms with Crippen LogP contribution in [0.3, 0.4) is 0 Å². The summed E-state index contributed by atoms with van der Waals surface area (Å²) in [5.74, 6) is 0.174. The Kier molecular flexibility index (Phi) is 5.43. The summed E-state index contributed by atoms with van der Waals surface area (Å²) in [6.45, 7) is 1.81. The van der Waals surface area contributed by atoms with Gasteiger partial charge in [-0.25, -0.2) is 9.18 Å². The number of amides is 2. The number of aliphatic hydroxyl groups is 1. The maximum Gasteiger partial charge on any atom is 0.319 e. The number of nitrogens with one attached hydrogen (secondary N) is 2. The number of hydrogen-bond donors (Lipinski definition) is 3. The minimum absolute atomic E-state index is 0.154. The monoisotopic (exact) mass is 272 g/mol. The van der Waals surface area contributed by atoms with Crippen LogP contribution in [0.4, 0.5) is 14.9 Å². The smallest absolute Gasteiger partial charge is 0.319 e. The number of thioether (sulfide) groups is 1. The third-order valence-corrected chi connectivity index (χ3v) is 3.10. The van der Waals surface area contributed by atoms with Crippen molar-refractivity contribution in [2.75, 3.05) is 23.9 Å². The van der Waals surface area contributed by atoms with Gasteiger partial charge in [-0.2, -0.15) is 11.8 Å². The number of carbonyl (C=O) groups is 1. The van der Waals surface area contributed by atoms with Crippen LogP contribution in [0.5, 0.6) is 0 Å². The number of hydrogen-bond acceptors (Lipinski definition) is 3. The lowest BCUT2D eigenvalue weighted by Gasteiger charge is -2.22. The Balaban J connectivity index is 2.40. The molecular weight excluding hydrogens is 255 g/mol. The predicted molar refractivity (Wildman–Crippen MR) is 72.4 cm³/mol. The van der Waals surface area contributed by atoms with E-state index >= 15 is 0 Å². The van der Waals surface area contributed by atoms with Crippen LogP contribution < -0.4 is 10.6 Å². The molecule has 0 bridgehead atoms. The fourth-order valence-corrected chi connectivity index (χ4v) is 2.07. The largest absolute Gasteiger partial charge is 0.387 e. The lowest BCUT2D eigenvalue weighted by atomic mass is 10.1. The maximum absolute atomic E-state index is 12.6. The van der Waals surface area contributed by atoms with E-state index in [9.17, 15) is 14.3 Å². The molecule has 0 saturated heterocycles. The van der Waals surface area contributed by atoms with E-state index in [2.05, 4.69) is 10.6 Å².